The molecule has 0 amide bonds. The highest BCUT2D eigenvalue weighted by Crippen LogP contribution is 2.15. The van der Waals surface area contributed by atoms with E-state index in [-0.39, 0.29) is 0 Å². The normalized spacial score (nSPS) is 12.2. The molecule has 0 aliphatic rings. The molecule has 2 aromatic rings. The molecular formula is C14H15NO3. The fraction of sp³-hybridized carbons (Fsp3) is 0.214. The average molecular weight is 245 g/mol. The van der Waals surface area contributed by atoms with Gasteiger partial charge in [0, 0.05) is 18.7 Å². The van der Waals surface area contributed by atoms with Gasteiger partial charge < -0.3 is 14.8 Å². The summed E-state index contributed by atoms with van der Waals surface area (Å²) >= 11 is 0. The quantitative estimate of drug-likeness (QED) is 0.819. The van der Waals surface area contributed by atoms with Gasteiger partial charge in [-0.3, -0.25) is 4.79 Å². The third kappa shape index (κ3) is 3.21. The molecule has 4 nitrogen and oxygen atoms in total. The van der Waals surface area contributed by atoms with Crippen LogP contribution in [0.5, 0.6) is 0 Å². The highest BCUT2D eigenvalue weighted by molar-refractivity contribution is 5.76. The molecule has 1 aromatic carbocycles. The molecule has 18 heavy (non-hydrogen) atoms. The molecule has 1 atom stereocenters. The zero-order valence-corrected chi connectivity index (χ0v) is 9.87. The molecule has 0 aliphatic heterocycles. The van der Waals surface area contributed by atoms with E-state index >= 15 is 0 Å². The van der Waals surface area contributed by atoms with Crippen LogP contribution in [-0.2, 0) is 11.3 Å². The molecule has 94 valence electrons. The number of hydrogen-bond donors (Lipinski definition) is 2. The number of rotatable bonds is 6. The molecule has 0 saturated heterocycles. The number of carbonyl (C=O) groups is 1. The monoisotopic (exact) mass is 245 g/mol. The van der Waals surface area contributed by atoms with Gasteiger partial charge in [0.15, 0.2) is 0 Å². The Hall–Kier alpha value is -2.07. The predicted molar refractivity (Wildman–Crippen MR) is 67.2 cm³/mol. The van der Waals surface area contributed by atoms with E-state index in [1.54, 1.807) is 12.5 Å². The number of aliphatic carboxylic acids is 1. The maximum atomic E-state index is 11.2. The molecule has 0 saturated carbocycles. The maximum absolute atomic E-state index is 11.2. The number of furan rings is 1. The highest BCUT2D eigenvalue weighted by Gasteiger charge is 2.18. The zero-order chi connectivity index (χ0) is 12.8. The number of carboxylic acids is 1. The minimum absolute atomic E-state index is 0.393. The van der Waals surface area contributed by atoms with Crippen LogP contribution >= 0.6 is 0 Å². The van der Waals surface area contributed by atoms with Crippen LogP contribution in [0.2, 0.25) is 0 Å². The third-order valence-corrected chi connectivity index (χ3v) is 2.76. The second-order valence-corrected chi connectivity index (χ2v) is 4.06. The summed E-state index contributed by atoms with van der Waals surface area (Å²) in [4.78, 5) is 11.2. The molecule has 2 N–H and O–H groups in total. The van der Waals surface area contributed by atoms with Gasteiger partial charge in [0.05, 0.1) is 18.4 Å². The highest BCUT2D eigenvalue weighted by atomic mass is 16.4. The molecular weight excluding hydrogens is 230 g/mol. The van der Waals surface area contributed by atoms with Crippen LogP contribution in [0.1, 0.15) is 17.0 Å². The van der Waals surface area contributed by atoms with Crippen molar-refractivity contribution in [2.24, 2.45) is 0 Å². The van der Waals surface area contributed by atoms with E-state index in [4.69, 9.17) is 4.42 Å². The first-order valence-electron chi connectivity index (χ1n) is 5.77. The fourth-order valence-corrected chi connectivity index (χ4v) is 1.79. The summed E-state index contributed by atoms with van der Waals surface area (Å²) in [5.74, 6) is -1.35. The Bertz CT molecular complexity index is 479. The summed E-state index contributed by atoms with van der Waals surface area (Å²) in [6.07, 6.45) is 3.24. The number of benzene rings is 1. The zero-order valence-electron chi connectivity index (χ0n) is 9.87. The first-order valence-corrected chi connectivity index (χ1v) is 5.77. The smallest absolute Gasteiger partial charge is 0.312 e. The van der Waals surface area contributed by atoms with E-state index in [2.05, 4.69) is 5.32 Å². The number of nitrogens with one attached hydrogen (secondary N) is 1. The molecule has 0 fully saturated rings. The van der Waals surface area contributed by atoms with Crippen molar-refractivity contribution in [3.05, 3.63) is 60.1 Å². The molecule has 2 rings (SSSR count). The summed E-state index contributed by atoms with van der Waals surface area (Å²) in [5.41, 5.74) is 1.82. The Morgan fingerprint density at radius 1 is 1.28 bits per heavy atom. The van der Waals surface area contributed by atoms with E-state index < -0.39 is 11.9 Å². The van der Waals surface area contributed by atoms with Gasteiger partial charge in [-0.1, -0.05) is 30.3 Å². The van der Waals surface area contributed by atoms with E-state index in [0.29, 0.717) is 13.1 Å². The Morgan fingerprint density at radius 2 is 2.06 bits per heavy atom. The largest absolute Gasteiger partial charge is 0.481 e. The van der Waals surface area contributed by atoms with Crippen molar-refractivity contribution >= 4 is 5.97 Å². The molecule has 1 heterocycles. The summed E-state index contributed by atoms with van der Waals surface area (Å²) in [6.45, 7) is 0.998. The van der Waals surface area contributed by atoms with Gasteiger partial charge in [-0.25, -0.2) is 0 Å². The van der Waals surface area contributed by atoms with E-state index in [0.717, 1.165) is 11.1 Å². The van der Waals surface area contributed by atoms with Crippen LogP contribution in [-0.4, -0.2) is 17.6 Å². The first-order chi connectivity index (χ1) is 8.77. The van der Waals surface area contributed by atoms with Crippen LogP contribution in [0, 0.1) is 0 Å². The molecule has 0 radical (unpaired) electrons. The molecule has 1 aromatic heterocycles. The van der Waals surface area contributed by atoms with E-state index in [1.165, 1.54) is 0 Å². The maximum Gasteiger partial charge on any atom is 0.312 e. The van der Waals surface area contributed by atoms with E-state index in [1.807, 2.05) is 36.4 Å². The standard InChI is InChI=1S/C14H15NO3/c16-14(17)13(12-4-2-1-3-5-12)9-15-8-11-6-7-18-10-11/h1-7,10,13,15H,8-9H2,(H,16,17). The number of hydrogen-bond acceptors (Lipinski definition) is 3. The second-order valence-electron chi connectivity index (χ2n) is 4.06. The first kappa shape index (κ1) is 12.4. The van der Waals surface area contributed by atoms with Crippen molar-refractivity contribution in [3.63, 3.8) is 0 Å². The van der Waals surface area contributed by atoms with Gasteiger partial charge in [0.2, 0.25) is 0 Å². The van der Waals surface area contributed by atoms with Crippen molar-refractivity contribution in [1.82, 2.24) is 5.32 Å². The van der Waals surface area contributed by atoms with Gasteiger partial charge in [0.25, 0.3) is 0 Å². The second kappa shape index (κ2) is 6.02. The summed E-state index contributed by atoms with van der Waals surface area (Å²) in [6, 6.07) is 11.1. The molecule has 0 aliphatic carbocycles. The van der Waals surface area contributed by atoms with Crippen molar-refractivity contribution in [1.29, 1.82) is 0 Å². The average Bonchev–Trinajstić information content (AvgIpc) is 2.88. The molecule has 4 heteroatoms. The Balaban J connectivity index is 1.93. The van der Waals surface area contributed by atoms with Gasteiger partial charge >= 0.3 is 5.97 Å². The van der Waals surface area contributed by atoms with Crippen molar-refractivity contribution in [2.45, 2.75) is 12.5 Å². The summed E-state index contributed by atoms with van der Waals surface area (Å²) in [7, 11) is 0. The lowest BCUT2D eigenvalue weighted by Gasteiger charge is -2.13. The topological polar surface area (TPSA) is 62.5 Å². The Kier molecular flexibility index (Phi) is 4.15. The molecule has 1 unspecified atom stereocenters. The predicted octanol–water partition coefficient (Wildman–Crippen LogP) is 2.24. The van der Waals surface area contributed by atoms with Gasteiger partial charge in [0.1, 0.15) is 0 Å². The van der Waals surface area contributed by atoms with Crippen LogP contribution in [0.3, 0.4) is 0 Å². The van der Waals surface area contributed by atoms with Crippen LogP contribution < -0.4 is 5.32 Å². The third-order valence-electron chi connectivity index (χ3n) is 2.76. The van der Waals surface area contributed by atoms with Crippen LogP contribution in [0.15, 0.2) is 53.3 Å². The van der Waals surface area contributed by atoms with Crippen molar-refractivity contribution < 1.29 is 14.3 Å². The van der Waals surface area contributed by atoms with Gasteiger partial charge in [-0.2, -0.15) is 0 Å². The van der Waals surface area contributed by atoms with E-state index in [9.17, 15) is 9.90 Å². The van der Waals surface area contributed by atoms with Crippen molar-refractivity contribution in [3.8, 4) is 0 Å². The summed E-state index contributed by atoms with van der Waals surface area (Å²) in [5, 5.41) is 12.4. The minimum Gasteiger partial charge on any atom is -0.481 e. The lowest BCUT2D eigenvalue weighted by molar-refractivity contribution is -0.138. The fourth-order valence-electron chi connectivity index (χ4n) is 1.79. The lowest BCUT2D eigenvalue weighted by atomic mass is 9.99. The van der Waals surface area contributed by atoms with Crippen molar-refractivity contribution in [2.75, 3.05) is 6.54 Å². The van der Waals surface area contributed by atoms with Gasteiger partial charge in [-0.15, -0.1) is 0 Å². The Labute approximate surface area is 105 Å². The van der Waals surface area contributed by atoms with Crippen LogP contribution in [0.4, 0.5) is 0 Å². The lowest BCUT2D eigenvalue weighted by Crippen LogP contribution is -2.26. The minimum atomic E-state index is -0.819. The van der Waals surface area contributed by atoms with Gasteiger partial charge in [-0.05, 0) is 11.6 Å². The Morgan fingerprint density at radius 3 is 2.67 bits per heavy atom. The summed E-state index contributed by atoms with van der Waals surface area (Å²) < 4.78 is 4.95. The SMILES string of the molecule is O=C(O)C(CNCc1ccoc1)c1ccccc1. The van der Waals surface area contributed by atoms with Crippen LogP contribution in [0.25, 0.3) is 0 Å². The molecule has 0 spiro atoms. The molecule has 0 bridgehead atoms. The number of carboxylic acid groups (broad SMARTS) is 1.